The molecule has 0 aromatic heterocycles. The molecule has 0 aliphatic carbocycles. The van der Waals surface area contributed by atoms with Crippen molar-refractivity contribution < 1.29 is 9.18 Å². The zero-order valence-electron chi connectivity index (χ0n) is 16.0. The summed E-state index contributed by atoms with van der Waals surface area (Å²) in [5, 5.41) is 9.88. The van der Waals surface area contributed by atoms with Gasteiger partial charge in [0.25, 0.3) is 0 Å². The van der Waals surface area contributed by atoms with Crippen LogP contribution in [0.5, 0.6) is 0 Å². The lowest BCUT2D eigenvalue weighted by atomic mass is 10.00. The van der Waals surface area contributed by atoms with E-state index in [-0.39, 0.29) is 35.6 Å². The standard InChI is InChI=1S/C21H21FN6OS/c22-15-8-4-5-9-16(15)23-19(29)13-30-21-25-24-20-18-12-17(14-6-2-1-3-7-14)26-28(18)11-10-27(20)21/h1-11,17-18,20,24,26H,12-13H2,(H,23,29). The van der Waals surface area contributed by atoms with E-state index >= 15 is 0 Å². The quantitative estimate of drug-likeness (QED) is 0.701. The number of rotatable bonds is 4. The Hall–Kier alpha value is -3.04. The van der Waals surface area contributed by atoms with Gasteiger partial charge in [0.05, 0.1) is 23.5 Å². The molecular weight excluding hydrogens is 403 g/mol. The molecule has 1 saturated heterocycles. The highest BCUT2D eigenvalue weighted by Crippen LogP contribution is 2.35. The molecule has 5 rings (SSSR count). The van der Waals surface area contributed by atoms with Gasteiger partial charge in [-0.15, -0.1) is 0 Å². The summed E-state index contributed by atoms with van der Waals surface area (Å²) in [6.45, 7) is 0. The molecule has 1 fully saturated rings. The highest BCUT2D eigenvalue weighted by Gasteiger charge is 2.44. The zero-order chi connectivity index (χ0) is 20.5. The Morgan fingerprint density at radius 1 is 1.17 bits per heavy atom. The molecule has 9 heteroatoms. The molecule has 3 aliphatic rings. The monoisotopic (exact) mass is 424 g/mol. The number of benzene rings is 2. The molecule has 2 aromatic rings. The second-order valence-corrected chi connectivity index (χ2v) is 8.24. The average molecular weight is 425 g/mol. The van der Waals surface area contributed by atoms with Crippen LogP contribution in [0.15, 0.2) is 72.1 Å². The van der Waals surface area contributed by atoms with E-state index in [1.54, 1.807) is 18.2 Å². The smallest absolute Gasteiger partial charge is 0.234 e. The third kappa shape index (κ3) is 3.61. The van der Waals surface area contributed by atoms with Crippen LogP contribution in [-0.2, 0) is 4.79 Å². The Bertz CT molecular complexity index is 1000. The topological polar surface area (TPSA) is 72.0 Å². The van der Waals surface area contributed by atoms with E-state index in [9.17, 15) is 9.18 Å². The van der Waals surface area contributed by atoms with Crippen molar-refractivity contribution in [1.29, 1.82) is 0 Å². The van der Waals surface area contributed by atoms with Gasteiger partial charge in [-0.2, -0.15) is 5.10 Å². The predicted molar refractivity (Wildman–Crippen MR) is 115 cm³/mol. The van der Waals surface area contributed by atoms with Crippen LogP contribution in [0, 0.1) is 5.82 Å². The number of amides is 1. The van der Waals surface area contributed by atoms with Crippen molar-refractivity contribution in [2.75, 3.05) is 11.1 Å². The molecule has 2 aromatic carbocycles. The molecule has 3 atom stereocenters. The van der Waals surface area contributed by atoms with E-state index in [1.165, 1.54) is 23.4 Å². The molecule has 0 bridgehead atoms. The Morgan fingerprint density at radius 2 is 1.97 bits per heavy atom. The number of para-hydroxylation sites is 1. The number of amidine groups is 1. The van der Waals surface area contributed by atoms with Crippen molar-refractivity contribution in [3.63, 3.8) is 0 Å². The first-order chi connectivity index (χ1) is 14.7. The maximum Gasteiger partial charge on any atom is 0.234 e. The summed E-state index contributed by atoms with van der Waals surface area (Å²) in [6.07, 6.45) is 4.90. The van der Waals surface area contributed by atoms with Gasteiger partial charge in [0, 0.05) is 12.4 Å². The lowest BCUT2D eigenvalue weighted by Crippen LogP contribution is -2.54. The highest BCUT2D eigenvalue weighted by molar-refractivity contribution is 8.14. The second kappa shape index (κ2) is 8.00. The van der Waals surface area contributed by atoms with Gasteiger partial charge in [0.1, 0.15) is 12.0 Å². The largest absolute Gasteiger partial charge is 0.323 e. The number of carbonyl (C=O) groups excluding carboxylic acids is 1. The van der Waals surface area contributed by atoms with Gasteiger partial charge >= 0.3 is 0 Å². The fraction of sp³-hybridized carbons (Fsp3) is 0.238. The first-order valence-corrected chi connectivity index (χ1v) is 10.7. The summed E-state index contributed by atoms with van der Waals surface area (Å²) in [7, 11) is 0. The lowest BCUT2D eigenvalue weighted by Gasteiger charge is -2.36. The van der Waals surface area contributed by atoms with Crippen LogP contribution in [0.1, 0.15) is 18.0 Å². The third-order valence-corrected chi connectivity index (χ3v) is 6.35. The van der Waals surface area contributed by atoms with Crippen molar-refractivity contribution in [3.8, 4) is 0 Å². The molecule has 154 valence electrons. The number of anilines is 1. The molecule has 0 saturated carbocycles. The number of carbonyl (C=O) groups is 1. The molecule has 7 nitrogen and oxygen atoms in total. The van der Waals surface area contributed by atoms with E-state index in [1.807, 2.05) is 18.5 Å². The number of nitrogens with one attached hydrogen (secondary N) is 3. The Kier molecular flexibility index (Phi) is 5.06. The fourth-order valence-corrected chi connectivity index (χ4v) is 4.70. The van der Waals surface area contributed by atoms with E-state index in [4.69, 9.17) is 0 Å². The number of hydrogen-bond acceptors (Lipinski definition) is 7. The number of thioether (sulfide) groups is 1. The minimum Gasteiger partial charge on any atom is -0.323 e. The Morgan fingerprint density at radius 3 is 2.80 bits per heavy atom. The van der Waals surface area contributed by atoms with Crippen LogP contribution in [0.25, 0.3) is 0 Å². The van der Waals surface area contributed by atoms with E-state index in [0.29, 0.717) is 0 Å². The number of nitrogens with zero attached hydrogens (tertiary/aromatic N) is 3. The Labute approximate surface area is 178 Å². The molecule has 1 amide bonds. The summed E-state index contributed by atoms with van der Waals surface area (Å²) in [5.74, 6) is -0.576. The minimum atomic E-state index is -0.448. The SMILES string of the molecule is O=C(CSC1=NNC2C3CC(c4ccccc4)NN3C=CN12)Nc1ccccc1F. The molecule has 0 radical (unpaired) electrons. The van der Waals surface area contributed by atoms with Crippen LogP contribution >= 0.6 is 11.8 Å². The molecule has 30 heavy (non-hydrogen) atoms. The minimum absolute atomic E-state index is 0.00617. The third-order valence-electron chi connectivity index (χ3n) is 5.39. The van der Waals surface area contributed by atoms with Crippen LogP contribution in [-0.4, -0.2) is 38.9 Å². The second-order valence-electron chi connectivity index (χ2n) is 7.29. The number of hydrazone groups is 1. The Balaban J connectivity index is 1.19. The van der Waals surface area contributed by atoms with Gasteiger partial charge in [0.15, 0.2) is 5.17 Å². The first-order valence-electron chi connectivity index (χ1n) is 9.75. The van der Waals surface area contributed by atoms with Gasteiger partial charge in [-0.1, -0.05) is 54.2 Å². The number of halogens is 1. The van der Waals surface area contributed by atoms with Gasteiger partial charge < -0.3 is 15.2 Å². The molecule has 3 aliphatic heterocycles. The maximum atomic E-state index is 13.7. The van der Waals surface area contributed by atoms with Crippen molar-refractivity contribution in [2.24, 2.45) is 5.10 Å². The lowest BCUT2D eigenvalue weighted by molar-refractivity contribution is -0.113. The van der Waals surface area contributed by atoms with Crippen molar-refractivity contribution in [3.05, 3.63) is 78.4 Å². The van der Waals surface area contributed by atoms with Gasteiger partial charge in [-0.25, -0.2) is 9.82 Å². The number of hydrazine groups is 1. The molecule has 3 N–H and O–H groups in total. The van der Waals surface area contributed by atoms with Gasteiger partial charge in [-0.05, 0) is 24.1 Å². The molecule has 3 heterocycles. The number of fused-ring (bicyclic) bond motifs is 3. The zero-order valence-corrected chi connectivity index (χ0v) is 16.8. The molecule has 0 spiro atoms. The van der Waals surface area contributed by atoms with E-state index in [2.05, 4.69) is 55.4 Å². The summed E-state index contributed by atoms with van der Waals surface area (Å²) in [6, 6.07) is 17.0. The molecular formula is C21H21FN6OS. The first kappa shape index (κ1) is 19.0. The maximum absolute atomic E-state index is 13.7. The van der Waals surface area contributed by atoms with Crippen molar-refractivity contribution >= 4 is 28.5 Å². The van der Waals surface area contributed by atoms with Gasteiger partial charge in [0.2, 0.25) is 5.91 Å². The van der Waals surface area contributed by atoms with E-state index in [0.717, 1.165) is 11.6 Å². The predicted octanol–water partition coefficient (Wildman–Crippen LogP) is 2.80. The van der Waals surface area contributed by atoms with Crippen LogP contribution in [0.4, 0.5) is 10.1 Å². The van der Waals surface area contributed by atoms with E-state index < -0.39 is 5.82 Å². The highest BCUT2D eigenvalue weighted by atomic mass is 32.2. The summed E-state index contributed by atoms with van der Waals surface area (Å²) in [5.41, 5.74) is 8.18. The number of hydrogen-bond donors (Lipinski definition) is 3. The van der Waals surface area contributed by atoms with Crippen LogP contribution in [0.2, 0.25) is 0 Å². The van der Waals surface area contributed by atoms with Crippen LogP contribution in [0.3, 0.4) is 0 Å². The van der Waals surface area contributed by atoms with Crippen molar-refractivity contribution in [2.45, 2.75) is 24.7 Å². The fourth-order valence-electron chi connectivity index (χ4n) is 3.93. The molecule has 3 unspecified atom stereocenters. The summed E-state index contributed by atoms with van der Waals surface area (Å²) >= 11 is 1.32. The summed E-state index contributed by atoms with van der Waals surface area (Å²) < 4.78 is 13.7. The van der Waals surface area contributed by atoms with Gasteiger partial charge in [-0.3, -0.25) is 10.2 Å². The van der Waals surface area contributed by atoms with Crippen LogP contribution < -0.4 is 16.2 Å². The normalized spacial score (nSPS) is 24.2. The average Bonchev–Trinajstić information content (AvgIpc) is 3.38. The van der Waals surface area contributed by atoms with Crippen molar-refractivity contribution in [1.82, 2.24) is 20.8 Å². The summed E-state index contributed by atoms with van der Waals surface area (Å²) in [4.78, 5) is 14.3.